The second-order valence-corrected chi connectivity index (χ2v) is 3.15. The number of rotatable bonds is 3. The zero-order valence-corrected chi connectivity index (χ0v) is 7.34. The van der Waals surface area contributed by atoms with Crippen molar-refractivity contribution in [1.29, 1.82) is 0 Å². The highest BCUT2D eigenvalue weighted by Crippen LogP contribution is 2.04. The van der Waals surface area contributed by atoms with Crippen molar-refractivity contribution in [2.24, 2.45) is 0 Å². The maximum atomic E-state index is 10.8. The van der Waals surface area contributed by atoms with E-state index in [0.717, 1.165) is 6.42 Å². The number of amides is 1. The summed E-state index contributed by atoms with van der Waals surface area (Å²) in [6, 6.07) is 0.246. The average molecular weight is 172 g/mol. The molecule has 0 unspecified atom stereocenters. The summed E-state index contributed by atoms with van der Waals surface area (Å²) < 4.78 is 0. The SMILES string of the molecule is CCC(=O)NC[C@@H]1C[C@@H](O)CN1. The molecular weight excluding hydrogens is 156 g/mol. The van der Waals surface area contributed by atoms with Gasteiger partial charge in [0.15, 0.2) is 0 Å². The van der Waals surface area contributed by atoms with Crippen molar-refractivity contribution in [3.8, 4) is 0 Å². The van der Waals surface area contributed by atoms with E-state index in [4.69, 9.17) is 5.11 Å². The molecule has 0 bridgehead atoms. The third-order valence-electron chi connectivity index (χ3n) is 2.07. The van der Waals surface area contributed by atoms with Crippen LogP contribution in [0, 0.1) is 0 Å². The third kappa shape index (κ3) is 2.79. The van der Waals surface area contributed by atoms with E-state index in [0.29, 0.717) is 19.5 Å². The lowest BCUT2D eigenvalue weighted by Crippen LogP contribution is -2.36. The van der Waals surface area contributed by atoms with E-state index in [2.05, 4.69) is 10.6 Å². The summed E-state index contributed by atoms with van der Waals surface area (Å²) in [4.78, 5) is 10.8. The molecule has 3 N–H and O–H groups in total. The first-order valence-corrected chi connectivity index (χ1v) is 4.40. The molecule has 2 atom stereocenters. The molecule has 4 nitrogen and oxygen atoms in total. The standard InChI is InChI=1S/C8H16N2O2/c1-2-8(12)10-4-6-3-7(11)5-9-6/h6-7,9,11H,2-5H2,1H3,(H,10,12)/t6-,7+/m0/s1. The molecule has 1 aliphatic heterocycles. The van der Waals surface area contributed by atoms with Crippen molar-refractivity contribution < 1.29 is 9.90 Å². The maximum absolute atomic E-state index is 10.8. The van der Waals surface area contributed by atoms with Gasteiger partial charge in [0, 0.05) is 25.6 Å². The Bertz CT molecular complexity index is 161. The molecule has 4 heteroatoms. The molecule has 0 aromatic rings. The van der Waals surface area contributed by atoms with E-state index in [1.54, 1.807) is 0 Å². The van der Waals surface area contributed by atoms with Gasteiger partial charge in [0.05, 0.1) is 6.10 Å². The normalized spacial score (nSPS) is 28.8. The van der Waals surface area contributed by atoms with Gasteiger partial charge in [0.25, 0.3) is 0 Å². The number of hydrogen-bond acceptors (Lipinski definition) is 3. The number of carbonyl (C=O) groups is 1. The minimum absolute atomic E-state index is 0.0678. The maximum Gasteiger partial charge on any atom is 0.219 e. The predicted octanol–water partition coefficient (Wildman–Crippen LogP) is -0.765. The van der Waals surface area contributed by atoms with Crippen LogP contribution in [0.4, 0.5) is 0 Å². The number of carbonyl (C=O) groups excluding carboxylic acids is 1. The van der Waals surface area contributed by atoms with Crippen LogP contribution in [0.2, 0.25) is 0 Å². The lowest BCUT2D eigenvalue weighted by Gasteiger charge is -2.10. The largest absolute Gasteiger partial charge is 0.392 e. The van der Waals surface area contributed by atoms with Crippen LogP contribution in [0.1, 0.15) is 19.8 Å². The summed E-state index contributed by atoms with van der Waals surface area (Å²) in [7, 11) is 0. The Balaban J connectivity index is 2.11. The van der Waals surface area contributed by atoms with Gasteiger partial charge in [-0.3, -0.25) is 4.79 Å². The first-order valence-electron chi connectivity index (χ1n) is 4.40. The van der Waals surface area contributed by atoms with E-state index in [-0.39, 0.29) is 18.1 Å². The summed E-state index contributed by atoms with van der Waals surface area (Å²) in [6.45, 7) is 3.10. The lowest BCUT2D eigenvalue weighted by atomic mass is 10.2. The highest BCUT2D eigenvalue weighted by molar-refractivity contribution is 5.75. The van der Waals surface area contributed by atoms with Gasteiger partial charge in [0.2, 0.25) is 5.91 Å². The van der Waals surface area contributed by atoms with Crippen molar-refractivity contribution >= 4 is 5.91 Å². The molecule has 0 spiro atoms. The third-order valence-corrected chi connectivity index (χ3v) is 2.07. The summed E-state index contributed by atoms with van der Waals surface area (Å²) >= 11 is 0. The Morgan fingerprint density at radius 1 is 1.75 bits per heavy atom. The number of hydrogen-bond donors (Lipinski definition) is 3. The first-order chi connectivity index (χ1) is 5.72. The second kappa shape index (κ2) is 4.42. The summed E-state index contributed by atoms with van der Waals surface area (Å²) in [5, 5.41) is 15.1. The number of β-amino-alcohol motifs (C(OH)–C–C–N with tert-alkyl or cyclic N) is 1. The van der Waals surface area contributed by atoms with E-state index in [9.17, 15) is 4.79 Å². The number of aliphatic hydroxyl groups excluding tert-OH is 1. The fourth-order valence-electron chi connectivity index (χ4n) is 1.32. The molecule has 1 aliphatic rings. The van der Waals surface area contributed by atoms with Gasteiger partial charge in [-0.05, 0) is 6.42 Å². The van der Waals surface area contributed by atoms with Crippen LogP contribution in [0.25, 0.3) is 0 Å². The van der Waals surface area contributed by atoms with Crippen molar-refractivity contribution in [1.82, 2.24) is 10.6 Å². The molecule has 70 valence electrons. The molecular formula is C8H16N2O2. The molecule has 1 amide bonds. The van der Waals surface area contributed by atoms with Crippen molar-refractivity contribution in [2.75, 3.05) is 13.1 Å². The van der Waals surface area contributed by atoms with Crippen molar-refractivity contribution in [3.05, 3.63) is 0 Å². The Hall–Kier alpha value is -0.610. The Morgan fingerprint density at radius 3 is 3.00 bits per heavy atom. The van der Waals surface area contributed by atoms with Gasteiger partial charge in [-0.2, -0.15) is 0 Å². The summed E-state index contributed by atoms with van der Waals surface area (Å²) in [5.74, 6) is 0.0678. The van der Waals surface area contributed by atoms with Gasteiger partial charge >= 0.3 is 0 Å². The van der Waals surface area contributed by atoms with Crippen LogP contribution in [-0.2, 0) is 4.79 Å². The van der Waals surface area contributed by atoms with Crippen LogP contribution in [0.3, 0.4) is 0 Å². The monoisotopic (exact) mass is 172 g/mol. The highest BCUT2D eigenvalue weighted by atomic mass is 16.3. The average Bonchev–Trinajstić information content (AvgIpc) is 2.47. The minimum Gasteiger partial charge on any atom is -0.392 e. The Morgan fingerprint density at radius 2 is 2.50 bits per heavy atom. The molecule has 1 rings (SSSR count). The van der Waals surface area contributed by atoms with E-state index in [1.807, 2.05) is 6.92 Å². The fourth-order valence-corrected chi connectivity index (χ4v) is 1.32. The second-order valence-electron chi connectivity index (χ2n) is 3.15. The lowest BCUT2D eigenvalue weighted by molar-refractivity contribution is -0.120. The minimum atomic E-state index is -0.242. The van der Waals surface area contributed by atoms with Gasteiger partial charge in [-0.25, -0.2) is 0 Å². The molecule has 0 aromatic heterocycles. The van der Waals surface area contributed by atoms with E-state index >= 15 is 0 Å². The number of aliphatic hydroxyl groups is 1. The predicted molar refractivity (Wildman–Crippen MR) is 45.7 cm³/mol. The molecule has 0 aromatic carbocycles. The molecule has 1 heterocycles. The molecule has 1 saturated heterocycles. The summed E-state index contributed by atoms with van der Waals surface area (Å²) in [5.41, 5.74) is 0. The van der Waals surface area contributed by atoms with Crippen molar-refractivity contribution in [2.45, 2.75) is 31.9 Å². The van der Waals surface area contributed by atoms with Gasteiger partial charge in [0.1, 0.15) is 0 Å². The van der Waals surface area contributed by atoms with Crippen LogP contribution in [-0.4, -0.2) is 36.2 Å². The van der Waals surface area contributed by atoms with Gasteiger partial charge in [-0.1, -0.05) is 6.92 Å². The van der Waals surface area contributed by atoms with E-state index in [1.165, 1.54) is 0 Å². The zero-order chi connectivity index (χ0) is 8.97. The molecule has 0 radical (unpaired) electrons. The Labute approximate surface area is 72.3 Å². The van der Waals surface area contributed by atoms with Crippen LogP contribution in [0.15, 0.2) is 0 Å². The molecule has 12 heavy (non-hydrogen) atoms. The molecule has 0 aliphatic carbocycles. The number of nitrogens with one attached hydrogen (secondary N) is 2. The fraction of sp³-hybridized carbons (Fsp3) is 0.875. The van der Waals surface area contributed by atoms with E-state index < -0.39 is 0 Å². The quantitative estimate of drug-likeness (QED) is 0.524. The zero-order valence-electron chi connectivity index (χ0n) is 7.34. The Kier molecular flexibility index (Phi) is 3.49. The summed E-state index contributed by atoms with van der Waals surface area (Å²) in [6.07, 6.45) is 1.02. The topological polar surface area (TPSA) is 61.4 Å². The van der Waals surface area contributed by atoms with Gasteiger partial charge < -0.3 is 15.7 Å². The molecule has 1 fully saturated rings. The van der Waals surface area contributed by atoms with Crippen LogP contribution < -0.4 is 10.6 Å². The van der Waals surface area contributed by atoms with Crippen LogP contribution in [0.5, 0.6) is 0 Å². The first kappa shape index (κ1) is 9.48. The highest BCUT2D eigenvalue weighted by Gasteiger charge is 2.21. The van der Waals surface area contributed by atoms with Gasteiger partial charge in [-0.15, -0.1) is 0 Å². The van der Waals surface area contributed by atoms with Crippen molar-refractivity contribution in [3.63, 3.8) is 0 Å². The molecule has 0 saturated carbocycles. The van der Waals surface area contributed by atoms with Crippen LogP contribution >= 0.6 is 0 Å². The smallest absolute Gasteiger partial charge is 0.219 e.